The molecule has 1 aromatic carbocycles. The van der Waals surface area contributed by atoms with Gasteiger partial charge in [0.1, 0.15) is 0 Å². The molecule has 1 saturated heterocycles. The Kier molecular flexibility index (Phi) is 4.94. The number of aryl methyl sites for hydroxylation is 1. The van der Waals surface area contributed by atoms with Crippen LogP contribution >= 0.6 is 11.6 Å². The number of rotatable bonds is 4. The molecule has 0 spiro atoms. The van der Waals surface area contributed by atoms with Crippen LogP contribution < -0.4 is 4.31 Å². The van der Waals surface area contributed by atoms with Crippen LogP contribution in [0.2, 0.25) is 0 Å². The van der Waals surface area contributed by atoms with Crippen molar-refractivity contribution in [2.24, 2.45) is 5.92 Å². The van der Waals surface area contributed by atoms with Gasteiger partial charge in [-0.15, -0.1) is 11.6 Å². The summed E-state index contributed by atoms with van der Waals surface area (Å²) in [5, 5.41) is 0. The lowest BCUT2D eigenvalue weighted by Gasteiger charge is -2.33. The molecule has 1 fully saturated rings. The number of piperidine rings is 1. The van der Waals surface area contributed by atoms with Crippen LogP contribution in [0.3, 0.4) is 0 Å². The molecule has 0 radical (unpaired) electrons. The molecule has 112 valence electrons. The fourth-order valence-corrected chi connectivity index (χ4v) is 4.07. The van der Waals surface area contributed by atoms with E-state index in [0.29, 0.717) is 30.6 Å². The maximum absolute atomic E-state index is 12.6. The second kappa shape index (κ2) is 6.33. The highest BCUT2D eigenvalue weighted by atomic mass is 35.5. The predicted octanol–water partition coefficient (Wildman–Crippen LogP) is 2.63. The van der Waals surface area contributed by atoms with Gasteiger partial charge in [0.05, 0.1) is 5.69 Å². The number of benzene rings is 1. The van der Waals surface area contributed by atoms with Crippen LogP contribution in [0.5, 0.6) is 0 Å². The zero-order chi connectivity index (χ0) is 14.8. The quantitative estimate of drug-likeness (QED) is 0.801. The third kappa shape index (κ3) is 3.27. The Labute approximate surface area is 126 Å². The highest BCUT2D eigenvalue weighted by Gasteiger charge is 2.30. The SMILES string of the molecule is Cc1ccc(N(C)S(=O)(=O)N2CCC(CCl)CC2)cc1. The van der Waals surface area contributed by atoms with Gasteiger partial charge in [-0.3, -0.25) is 4.31 Å². The molecule has 20 heavy (non-hydrogen) atoms. The molecule has 1 aromatic rings. The summed E-state index contributed by atoms with van der Waals surface area (Å²) >= 11 is 5.84. The number of anilines is 1. The van der Waals surface area contributed by atoms with Crippen LogP contribution in [0.25, 0.3) is 0 Å². The van der Waals surface area contributed by atoms with Crippen molar-refractivity contribution in [3.63, 3.8) is 0 Å². The van der Waals surface area contributed by atoms with E-state index >= 15 is 0 Å². The lowest BCUT2D eigenvalue weighted by atomic mass is 10.0. The Bertz CT molecular complexity index is 537. The van der Waals surface area contributed by atoms with Crippen LogP contribution in [-0.2, 0) is 10.2 Å². The van der Waals surface area contributed by atoms with Gasteiger partial charge in [0.15, 0.2) is 0 Å². The first-order valence-corrected chi connectivity index (χ1v) is 8.75. The standard InChI is InChI=1S/C14H21ClN2O2S/c1-12-3-5-14(6-4-12)16(2)20(18,19)17-9-7-13(11-15)8-10-17/h3-6,13H,7-11H2,1-2H3. The Morgan fingerprint density at radius 3 is 2.30 bits per heavy atom. The van der Waals surface area contributed by atoms with E-state index in [2.05, 4.69) is 0 Å². The highest BCUT2D eigenvalue weighted by molar-refractivity contribution is 7.90. The van der Waals surface area contributed by atoms with Gasteiger partial charge in [-0.1, -0.05) is 17.7 Å². The molecule has 0 N–H and O–H groups in total. The van der Waals surface area contributed by atoms with Crippen molar-refractivity contribution in [2.45, 2.75) is 19.8 Å². The fraction of sp³-hybridized carbons (Fsp3) is 0.571. The van der Waals surface area contributed by atoms with E-state index in [-0.39, 0.29) is 0 Å². The van der Waals surface area contributed by atoms with Crippen molar-refractivity contribution >= 4 is 27.5 Å². The summed E-state index contributed by atoms with van der Waals surface area (Å²) in [6, 6.07) is 7.50. The van der Waals surface area contributed by atoms with Crippen molar-refractivity contribution in [3.05, 3.63) is 29.8 Å². The lowest BCUT2D eigenvalue weighted by molar-refractivity contribution is 0.290. The van der Waals surface area contributed by atoms with Crippen molar-refractivity contribution in [1.82, 2.24) is 4.31 Å². The van der Waals surface area contributed by atoms with Crippen LogP contribution in [0.15, 0.2) is 24.3 Å². The average Bonchev–Trinajstić information content (AvgIpc) is 2.47. The summed E-state index contributed by atoms with van der Waals surface area (Å²) in [6.45, 7) is 3.08. The third-order valence-corrected chi connectivity index (χ3v) is 6.22. The number of hydrogen-bond acceptors (Lipinski definition) is 2. The third-order valence-electron chi connectivity index (χ3n) is 3.86. The van der Waals surface area contributed by atoms with Gasteiger partial charge in [-0.2, -0.15) is 12.7 Å². The van der Waals surface area contributed by atoms with E-state index in [1.54, 1.807) is 11.4 Å². The Hall–Kier alpha value is -0.780. The minimum atomic E-state index is -3.44. The van der Waals surface area contributed by atoms with Gasteiger partial charge in [0.2, 0.25) is 0 Å². The predicted molar refractivity (Wildman–Crippen MR) is 83.5 cm³/mol. The smallest absolute Gasteiger partial charge is 0.261 e. The maximum Gasteiger partial charge on any atom is 0.303 e. The summed E-state index contributed by atoms with van der Waals surface area (Å²) in [4.78, 5) is 0. The van der Waals surface area contributed by atoms with Crippen LogP contribution in [0.1, 0.15) is 18.4 Å². The molecule has 4 nitrogen and oxygen atoms in total. The molecule has 0 saturated carbocycles. The van der Waals surface area contributed by atoms with E-state index in [4.69, 9.17) is 11.6 Å². The summed E-state index contributed by atoms with van der Waals surface area (Å²) < 4.78 is 28.1. The van der Waals surface area contributed by atoms with Crippen LogP contribution in [-0.4, -0.2) is 38.7 Å². The van der Waals surface area contributed by atoms with E-state index < -0.39 is 10.2 Å². The van der Waals surface area contributed by atoms with E-state index in [1.807, 2.05) is 31.2 Å². The zero-order valence-electron chi connectivity index (χ0n) is 11.9. The summed E-state index contributed by atoms with van der Waals surface area (Å²) in [5.41, 5.74) is 1.80. The lowest BCUT2D eigenvalue weighted by Crippen LogP contribution is -2.46. The monoisotopic (exact) mass is 316 g/mol. The topological polar surface area (TPSA) is 40.6 Å². The summed E-state index contributed by atoms with van der Waals surface area (Å²) in [7, 11) is -1.83. The maximum atomic E-state index is 12.6. The molecule has 1 aliphatic rings. The van der Waals surface area contributed by atoms with Gasteiger partial charge in [-0.05, 0) is 37.8 Å². The summed E-state index contributed by atoms with van der Waals surface area (Å²) in [5.74, 6) is 1.05. The molecule has 2 rings (SSSR count). The van der Waals surface area contributed by atoms with E-state index in [9.17, 15) is 8.42 Å². The summed E-state index contributed by atoms with van der Waals surface area (Å²) in [6.07, 6.45) is 1.68. The minimum Gasteiger partial charge on any atom is -0.261 e. The van der Waals surface area contributed by atoms with Crippen molar-refractivity contribution in [1.29, 1.82) is 0 Å². The number of alkyl halides is 1. The molecule has 0 bridgehead atoms. The average molecular weight is 317 g/mol. The van der Waals surface area contributed by atoms with Crippen molar-refractivity contribution in [3.8, 4) is 0 Å². The first-order valence-electron chi connectivity index (χ1n) is 6.82. The highest BCUT2D eigenvalue weighted by Crippen LogP contribution is 2.24. The van der Waals surface area contributed by atoms with Crippen molar-refractivity contribution < 1.29 is 8.42 Å². The Morgan fingerprint density at radius 2 is 1.80 bits per heavy atom. The molecule has 1 heterocycles. The first kappa shape index (κ1) is 15.6. The first-order chi connectivity index (χ1) is 9.45. The normalized spacial score (nSPS) is 18.1. The molecular formula is C14H21ClN2O2S. The Morgan fingerprint density at radius 1 is 1.25 bits per heavy atom. The number of nitrogens with zero attached hydrogens (tertiary/aromatic N) is 2. The number of hydrogen-bond donors (Lipinski definition) is 0. The molecule has 6 heteroatoms. The zero-order valence-corrected chi connectivity index (χ0v) is 13.5. The minimum absolute atomic E-state index is 0.438. The number of halogens is 1. The van der Waals surface area contributed by atoms with E-state index in [0.717, 1.165) is 18.4 Å². The van der Waals surface area contributed by atoms with Crippen molar-refractivity contribution in [2.75, 3.05) is 30.3 Å². The molecule has 0 aliphatic carbocycles. The molecule has 0 unspecified atom stereocenters. The molecule has 0 amide bonds. The Balaban J connectivity index is 2.12. The molecular weight excluding hydrogens is 296 g/mol. The fourth-order valence-electron chi connectivity index (χ4n) is 2.36. The van der Waals surface area contributed by atoms with Gasteiger partial charge >= 0.3 is 10.2 Å². The molecule has 0 aromatic heterocycles. The molecule has 1 aliphatic heterocycles. The van der Waals surface area contributed by atoms with Gasteiger partial charge in [0.25, 0.3) is 0 Å². The van der Waals surface area contributed by atoms with Gasteiger partial charge in [0, 0.05) is 26.0 Å². The second-order valence-corrected chi connectivity index (χ2v) is 7.58. The molecule has 0 atom stereocenters. The largest absolute Gasteiger partial charge is 0.303 e. The second-order valence-electron chi connectivity index (χ2n) is 5.31. The van der Waals surface area contributed by atoms with Gasteiger partial charge in [-0.25, -0.2) is 0 Å². The van der Waals surface area contributed by atoms with Gasteiger partial charge < -0.3 is 0 Å². The van der Waals surface area contributed by atoms with Crippen LogP contribution in [0.4, 0.5) is 5.69 Å². The van der Waals surface area contributed by atoms with Crippen LogP contribution in [0, 0.1) is 12.8 Å². The van der Waals surface area contributed by atoms with E-state index in [1.165, 1.54) is 4.31 Å².